The molecule has 1 aromatic heterocycles. The zero-order chi connectivity index (χ0) is 11.7. The van der Waals surface area contributed by atoms with Crippen LogP contribution in [0.3, 0.4) is 0 Å². The molecule has 0 aliphatic carbocycles. The first-order chi connectivity index (χ1) is 7.61. The van der Waals surface area contributed by atoms with E-state index < -0.39 is 0 Å². The van der Waals surface area contributed by atoms with Crippen molar-refractivity contribution in [1.82, 2.24) is 4.98 Å². The number of nitrogens with two attached hydrogens (primary N) is 1. The predicted octanol–water partition coefficient (Wildman–Crippen LogP) is 1.77. The molecule has 2 rings (SSSR count). The van der Waals surface area contributed by atoms with E-state index in [1.165, 1.54) is 6.42 Å². The van der Waals surface area contributed by atoms with E-state index in [0.717, 1.165) is 12.4 Å². The van der Waals surface area contributed by atoms with E-state index in [-0.39, 0.29) is 0 Å². The lowest BCUT2D eigenvalue weighted by molar-refractivity contribution is 0.625. The number of nitrogen functional groups attached to an aromatic ring is 1. The number of nitriles is 1. The van der Waals surface area contributed by atoms with Crippen molar-refractivity contribution in [1.29, 1.82) is 5.26 Å². The third-order valence-electron chi connectivity index (χ3n) is 3.08. The first-order valence-corrected chi connectivity index (χ1v) is 5.54. The highest BCUT2D eigenvalue weighted by Crippen LogP contribution is 2.30. The van der Waals surface area contributed by atoms with Crippen LogP contribution < -0.4 is 10.6 Å². The lowest BCUT2D eigenvalue weighted by Crippen LogP contribution is -2.28. The molecule has 1 aromatic rings. The first kappa shape index (κ1) is 10.7. The molecule has 0 saturated carbocycles. The molecule has 2 heterocycles. The zero-order valence-corrected chi connectivity index (χ0v) is 9.64. The highest BCUT2D eigenvalue weighted by molar-refractivity contribution is 5.65. The van der Waals surface area contributed by atoms with Gasteiger partial charge in [-0.3, -0.25) is 0 Å². The summed E-state index contributed by atoms with van der Waals surface area (Å²) >= 11 is 0. The average molecular weight is 216 g/mol. The number of hydrogen-bond donors (Lipinski definition) is 1. The predicted molar refractivity (Wildman–Crippen MR) is 64.0 cm³/mol. The van der Waals surface area contributed by atoms with E-state index in [1.807, 2.05) is 6.07 Å². The Balaban J connectivity index is 2.31. The van der Waals surface area contributed by atoms with Gasteiger partial charge in [0.15, 0.2) is 5.82 Å². The summed E-state index contributed by atoms with van der Waals surface area (Å²) in [6.07, 6.45) is 2.75. The molecule has 1 aliphatic rings. The fourth-order valence-electron chi connectivity index (χ4n) is 2.37. The van der Waals surface area contributed by atoms with Crippen LogP contribution in [0.4, 0.5) is 11.5 Å². The van der Waals surface area contributed by atoms with Crippen LogP contribution in [-0.4, -0.2) is 17.6 Å². The molecular formula is C12H16N4. The summed E-state index contributed by atoms with van der Waals surface area (Å²) in [4.78, 5) is 6.52. The average Bonchev–Trinajstić information content (AvgIpc) is 2.57. The van der Waals surface area contributed by atoms with Crippen molar-refractivity contribution in [3.05, 3.63) is 17.8 Å². The van der Waals surface area contributed by atoms with Crippen molar-refractivity contribution in [2.45, 2.75) is 26.3 Å². The molecule has 2 atom stereocenters. The van der Waals surface area contributed by atoms with Gasteiger partial charge in [0.2, 0.25) is 0 Å². The van der Waals surface area contributed by atoms with Gasteiger partial charge in [-0.05, 0) is 25.3 Å². The normalized spacial score (nSPS) is 24.4. The summed E-state index contributed by atoms with van der Waals surface area (Å²) in [6, 6.07) is 4.21. The van der Waals surface area contributed by atoms with E-state index in [9.17, 15) is 0 Å². The van der Waals surface area contributed by atoms with Crippen LogP contribution in [0.25, 0.3) is 0 Å². The van der Waals surface area contributed by atoms with Crippen LogP contribution in [0, 0.1) is 17.2 Å². The summed E-state index contributed by atoms with van der Waals surface area (Å²) < 4.78 is 0. The van der Waals surface area contributed by atoms with Gasteiger partial charge >= 0.3 is 0 Å². The molecule has 4 nitrogen and oxygen atoms in total. The van der Waals surface area contributed by atoms with Crippen molar-refractivity contribution < 1.29 is 0 Å². The van der Waals surface area contributed by atoms with Gasteiger partial charge in [0.1, 0.15) is 6.07 Å². The summed E-state index contributed by atoms with van der Waals surface area (Å²) in [7, 11) is 0. The van der Waals surface area contributed by atoms with Crippen LogP contribution in [0.2, 0.25) is 0 Å². The molecule has 0 bridgehead atoms. The molecule has 1 fully saturated rings. The maximum atomic E-state index is 8.75. The van der Waals surface area contributed by atoms with Crippen LogP contribution in [0.1, 0.15) is 25.8 Å². The molecule has 0 radical (unpaired) electrons. The second-order valence-electron chi connectivity index (χ2n) is 4.59. The maximum absolute atomic E-state index is 8.75. The fourth-order valence-corrected chi connectivity index (χ4v) is 2.37. The van der Waals surface area contributed by atoms with Gasteiger partial charge in [-0.15, -0.1) is 0 Å². The van der Waals surface area contributed by atoms with Crippen LogP contribution in [-0.2, 0) is 0 Å². The summed E-state index contributed by atoms with van der Waals surface area (Å²) in [6.45, 7) is 5.41. The highest BCUT2D eigenvalue weighted by Gasteiger charge is 2.28. The standard InChI is InChI=1S/C12H16N4/c1-8-3-9(2)16(7-8)12-11(14)4-10(5-13)6-15-12/h4,6,8-9H,3,7,14H2,1-2H3. The minimum absolute atomic E-state index is 0.470. The van der Waals surface area contributed by atoms with E-state index in [1.54, 1.807) is 12.3 Å². The highest BCUT2D eigenvalue weighted by atomic mass is 15.2. The molecule has 1 saturated heterocycles. The Morgan fingerprint density at radius 3 is 2.81 bits per heavy atom. The van der Waals surface area contributed by atoms with Crippen LogP contribution >= 0.6 is 0 Å². The van der Waals surface area contributed by atoms with Gasteiger partial charge in [0.05, 0.1) is 11.3 Å². The maximum Gasteiger partial charge on any atom is 0.152 e. The Kier molecular flexibility index (Phi) is 2.69. The monoisotopic (exact) mass is 216 g/mol. The number of pyridine rings is 1. The van der Waals surface area contributed by atoms with Crippen molar-refractivity contribution in [2.24, 2.45) is 5.92 Å². The minimum Gasteiger partial charge on any atom is -0.396 e. The number of rotatable bonds is 1. The number of hydrogen-bond acceptors (Lipinski definition) is 4. The summed E-state index contributed by atoms with van der Waals surface area (Å²) in [5.41, 5.74) is 7.04. The molecule has 2 unspecified atom stereocenters. The summed E-state index contributed by atoms with van der Waals surface area (Å²) in [5, 5.41) is 8.75. The van der Waals surface area contributed by atoms with Gasteiger partial charge in [0, 0.05) is 18.8 Å². The topological polar surface area (TPSA) is 65.9 Å². The van der Waals surface area contributed by atoms with E-state index in [2.05, 4.69) is 23.7 Å². The fraction of sp³-hybridized carbons (Fsp3) is 0.500. The molecule has 1 aliphatic heterocycles. The Morgan fingerprint density at radius 2 is 2.31 bits per heavy atom. The third kappa shape index (κ3) is 1.81. The number of nitrogens with zero attached hydrogens (tertiary/aromatic N) is 3. The van der Waals surface area contributed by atoms with Gasteiger partial charge in [0.25, 0.3) is 0 Å². The molecule has 84 valence electrons. The number of anilines is 2. The molecule has 16 heavy (non-hydrogen) atoms. The Hall–Kier alpha value is -1.76. The Bertz CT molecular complexity index is 435. The molecule has 4 heteroatoms. The quantitative estimate of drug-likeness (QED) is 0.777. The second-order valence-corrected chi connectivity index (χ2v) is 4.59. The molecular weight excluding hydrogens is 200 g/mol. The lowest BCUT2D eigenvalue weighted by Gasteiger charge is -2.23. The SMILES string of the molecule is CC1CC(C)N(c2ncc(C#N)cc2N)C1. The van der Waals surface area contributed by atoms with Gasteiger partial charge in [-0.1, -0.05) is 6.92 Å². The Labute approximate surface area is 95.7 Å². The lowest BCUT2D eigenvalue weighted by atomic mass is 10.1. The van der Waals surface area contributed by atoms with Crippen LogP contribution in [0.15, 0.2) is 12.3 Å². The number of aromatic nitrogens is 1. The molecule has 0 aromatic carbocycles. The van der Waals surface area contributed by atoms with Gasteiger partial charge in [-0.25, -0.2) is 4.98 Å². The third-order valence-corrected chi connectivity index (χ3v) is 3.08. The Morgan fingerprint density at radius 1 is 1.56 bits per heavy atom. The minimum atomic E-state index is 0.470. The van der Waals surface area contributed by atoms with Crippen LogP contribution in [0.5, 0.6) is 0 Å². The van der Waals surface area contributed by atoms with Crippen molar-refractivity contribution >= 4 is 11.5 Å². The van der Waals surface area contributed by atoms with Crippen molar-refractivity contribution in [3.63, 3.8) is 0 Å². The molecule has 2 N–H and O–H groups in total. The molecule has 0 amide bonds. The van der Waals surface area contributed by atoms with Gasteiger partial charge < -0.3 is 10.6 Å². The second kappa shape index (κ2) is 4.01. The van der Waals surface area contributed by atoms with Gasteiger partial charge in [-0.2, -0.15) is 5.26 Å². The van der Waals surface area contributed by atoms with Crippen molar-refractivity contribution in [3.8, 4) is 6.07 Å². The zero-order valence-electron chi connectivity index (χ0n) is 9.64. The van der Waals surface area contributed by atoms with Crippen molar-refractivity contribution in [2.75, 3.05) is 17.2 Å². The van der Waals surface area contributed by atoms with E-state index in [0.29, 0.717) is 23.2 Å². The largest absolute Gasteiger partial charge is 0.396 e. The first-order valence-electron chi connectivity index (χ1n) is 5.54. The summed E-state index contributed by atoms with van der Waals surface area (Å²) in [5.74, 6) is 1.49. The van der Waals surface area contributed by atoms with E-state index >= 15 is 0 Å². The van der Waals surface area contributed by atoms with E-state index in [4.69, 9.17) is 11.0 Å². The smallest absolute Gasteiger partial charge is 0.152 e. The molecule has 0 spiro atoms.